The van der Waals surface area contributed by atoms with Gasteiger partial charge >= 0.3 is 0 Å². The van der Waals surface area contributed by atoms with Gasteiger partial charge in [0.2, 0.25) is 0 Å². The van der Waals surface area contributed by atoms with Gasteiger partial charge in [-0.2, -0.15) is 0 Å². The Kier molecular flexibility index (Phi) is 7.27. The molecule has 0 aliphatic carbocycles. The third kappa shape index (κ3) is 5.15. The topological polar surface area (TPSA) is 51.1 Å². The van der Waals surface area contributed by atoms with E-state index in [1.165, 1.54) is 16.7 Å². The smallest absolute Gasteiger partial charge is 0.266 e. The molecule has 8 heteroatoms. The van der Waals surface area contributed by atoms with Crippen LogP contribution >= 0.6 is 39.3 Å². The summed E-state index contributed by atoms with van der Waals surface area (Å²) in [5.41, 5.74) is 1.56. The number of nitrogens with zero attached hydrogens (tertiary/aromatic N) is 2. The van der Waals surface area contributed by atoms with Crippen molar-refractivity contribution in [3.8, 4) is 11.5 Å². The third-order valence-corrected chi connectivity index (χ3v) is 6.00. The predicted octanol–water partition coefficient (Wildman–Crippen LogP) is 6.13. The lowest BCUT2D eigenvalue weighted by molar-refractivity contribution is -0.121. The van der Waals surface area contributed by atoms with E-state index in [0.717, 1.165) is 15.7 Å². The molecular weight excluding hydrogens is 476 g/mol. The van der Waals surface area contributed by atoms with Crippen molar-refractivity contribution < 1.29 is 14.3 Å². The first kappa shape index (κ1) is 21.7. The molecule has 0 unspecified atom stereocenters. The Labute approximate surface area is 187 Å². The number of hydrogen-bond acceptors (Lipinski definition) is 5. The van der Waals surface area contributed by atoms with E-state index in [-0.39, 0.29) is 5.91 Å². The van der Waals surface area contributed by atoms with Gasteiger partial charge < -0.3 is 9.47 Å². The molecule has 152 valence electrons. The number of amidine groups is 1. The molecule has 1 saturated heterocycles. The Morgan fingerprint density at radius 1 is 1.14 bits per heavy atom. The second-order valence-electron chi connectivity index (χ2n) is 6.03. The van der Waals surface area contributed by atoms with Gasteiger partial charge in [-0.05, 0) is 73.6 Å². The first-order valence-electron chi connectivity index (χ1n) is 9.04. The molecule has 2 aromatic rings. The molecule has 0 saturated carbocycles. The van der Waals surface area contributed by atoms with Crippen LogP contribution in [0, 0.1) is 0 Å². The lowest BCUT2D eigenvalue weighted by Crippen LogP contribution is -2.23. The number of aliphatic imine (C=N–C) groups is 1. The third-order valence-electron chi connectivity index (χ3n) is 4.00. The summed E-state index contributed by atoms with van der Waals surface area (Å²) in [6.07, 6.45) is 1.83. The summed E-state index contributed by atoms with van der Waals surface area (Å²) in [6, 6.07) is 10.9. The number of carbonyl (C=O) groups excluding carboxylic acids is 1. The number of halogens is 2. The molecule has 1 aliphatic rings. The van der Waals surface area contributed by atoms with Crippen LogP contribution in [0.4, 0.5) is 5.69 Å². The van der Waals surface area contributed by atoms with Crippen LogP contribution in [0.3, 0.4) is 0 Å². The summed E-state index contributed by atoms with van der Waals surface area (Å²) in [7, 11) is 1.71. The second kappa shape index (κ2) is 9.69. The number of benzene rings is 2. The van der Waals surface area contributed by atoms with E-state index in [0.29, 0.717) is 39.8 Å². The molecule has 0 atom stereocenters. The van der Waals surface area contributed by atoms with Gasteiger partial charge in [-0.15, -0.1) is 0 Å². The van der Waals surface area contributed by atoms with Gasteiger partial charge in [0.1, 0.15) is 0 Å². The van der Waals surface area contributed by atoms with Crippen molar-refractivity contribution in [3.63, 3.8) is 0 Å². The normalized spacial score (nSPS) is 16.7. The van der Waals surface area contributed by atoms with E-state index in [9.17, 15) is 4.79 Å². The zero-order chi connectivity index (χ0) is 21.0. The second-order valence-corrected chi connectivity index (χ2v) is 8.33. The molecule has 1 amide bonds. The Bertz CT molecular complexity index is 977. The van der Waals surface area contributed by atoms with Crippen molar-refractivity contribution in [1.82, 2.24) is 4.90 Å². The highest BCUT2D eigenvalue weighted by Gasteiger charge is 2.30. The van der Waals surface area contributed by atoms with E-state index in [1.54, 1.807) is 19.2 Å². The minimum atomic E-state index is -0.110. The van der Waals surface area contributed by atoms with Crippen molar-refractivity contribution in [2.24, 2.45) is 4.99 Å². The highest BCUT2D eigenvalue weighted by Crippen LogP contribution is 2.38. The minimum Gasteiger partial charge on any atom is -0.490 e. The number of amides is 1. The zero-order valence-electron chi connectivity index (χ0n) is 16.2. The molecule has 2 aromatic carbocycles. The summed E-state index contributed by atoms with van der Waals surface area (Å²) in [5.74, 6) is 1.19. The highest BCUT2D eigenvalue weighted by atomic mass is 79.9. The monoisotopic (exact) mass is 494 g/mol. The SMILES string of the molecule is CCOc1cc(Br)c(C=C2SC(=Nc3ccc(Cl)cc3)N(C)C2=O)cc1OCC. The van der Waals surface area contributed by atoms with Crippen molar-refractivity contribution in [2.45, 2.75) is 13.8 Å². The Morgan fingerprint density at radius 3 is 2.38 bits per heavy atom. The van der Waals surface area contributed by atoms with Gasteiger partial charge in [0.05, 0.1) is 23.8 Å². The molecule has 0 bridgehead atoms. The fourth-order valence-corrected chi connectivity index (χ4v) is 4.16. The molecule has 0 radical (unpaired) electrons. The van der Waals surface area contributed by atoms with Gasteiger partial charge in [-0.3, -0.25) is 9.69 Å². The predicted molar refractivity (Wildman–Crippen MR) is 123 cm³/mol. The molecule has 0 aromatic heterocycles. The molecular formula is C21H20BrClN2O3S. The van der Waals surface area contributed by atoms with E-state index in [1.807, 2.05) is 44.2 Å². The fourth-order valence-electron chi connectivity index (χ4n) is 2.62. The average Bonchev–Trinajstić information content (AvgIpc) is 2.95. The molecule has 3 rings (SSSR count). The van der Waals surface area contributed by atoms with Gasteiger partial charge in [0.15, 0.2) is 16.7 Å². The van der Waals surface area contributed by atoms with Crippen LogP contribution in [-0.2, 0) is 4.79 Å². The molecule has 1 heterocycles. The standard InChI is InChI=1S/C21H20BrClN2O3S/c1-4-27-17-10-13(16(22)12-18(17)28-5-2)11-19-20(26)25(3)21(29-19)24-15-8-6-14(23)7-9-15/h6-12H,4-5H2,1-3H3. The maximum absolute atomic E-state index is 12.7. The van der Waals surface area contributed by atoms with Crippen LogP contribution < -0.4 is 9.47 Å². The summed E-state index contributed by atoms with van der Waals surface area (Å²) in [5, 5.41) is 1.25. The van der Waals surface area contributed by atoms with Crippen molar-refractivity contribution >= 4 is 62.1 Å². The molecule has 29 heavy (non-hydrogen) atoms. The van der Waals surface area contributed by atoms with Crippen LogP contribution in [0.5, 0.6) is 11.5 Å². The van der Waals surface area contributed by atoms with Gasteiger partial charge in [-0.1, -0.05) is 27.5 Å². The van der Waals surface area contributed by atoms with E-state index >= 15 is 0 Å². The summed E-state index contributed by atoms with van der Waals surface area (Å²) >= 11 is 10.8. The zero-order valence-corrected chi connectivity index (χ0v) is 19.4. The van der Waals surface area contributed by atoms with E-state index < -0.39 is 0 Å². The molecule has 1 aliphatic heterocycles. The van der Waals surface area contributed by atoms with Crippen LogP contribution in [0.15, 0.2) is 50.8 Å². The first-order valence-corrected chi connectivity index (χ1v) is 11.0. The first-order chi connectivity index (χ1) is 13.9. The minimum absolute atomic E-state index is 0.110. The maximum Gasteiger partial charge on any atom is 0.266 e. The molecule has 0 N–H and O–H groups in total. The Balaban J connectivity index is 1.93. The van der Waals surface area contributed by atoms with Crippen molar-refractivity contribution in [1.29, 1.82) is 0 Å². The number of carbonyl (C=O) groups is 1. The van der Waals surface area contributed by atoms with E-state index in [4.69, 9.17) is 21.1 Å². The fraction of sp³-hybridized carbons (Fsp3) is 0.238. The quantitative estimate of drug-likeness (QED) is 0.452. The van der Waals surface area contributed by atoms with Crippen molar-refractivity contribution in [2.75, 3.05) is 20.3 Å². The van der Waals surface area contributed by atoms with E-state index in [2.05, 4.69) is 20.9 Å². The van der Waals surface area contributed by atoms with Crippen LogP contribution in [0.2, 0.25) is 5.02 Å². The summed E-state index contributed by atoms with van der Waals surface area (Å²) in [6.45, 7) is 4.90. The van der Waals surface area contributed by atoms with Gasteiger partial charge in [-0.25, -0.2) is 4.99 Å². The Morgan fingerprint density at radius 2 is 1.76 bits per heavy atom. The number of thioether (sulfide) groups is 1. The lowest BCUT2D eigenvalue weighted by Gasteiger charge is -2.13. The number of hydrogen-bond donors (Lipinski definition) is 0. The summed E-state index contributed by atoms with van der Waals surface area (Å²) < 4.78 is 12.2. The number of ether oxygens (including phenoxy) is 2. The van der Waals surface area contributed by atoms with Gasteiger partial charge in [0.25, 0.3) is 5.91 Å². The summed E-state index contributed by atoms with van der Waals surface area (Å²) in [4.78, 5) is 19.4. The van der Waals surface area contributed by atoms with Gasteiger partial charge in [0, 0.05) is 16.5 Å². The number of likely N-dealkylation sites (N-methyl/N-ethyl adjacent to an activating group) is 1. The van der Waals surface area contributed by atoms with Crippen LogP contribution in [0.25, 0.3) is 6.08 Å². The maximum atomic E-state index is 12.7. The Hall–Kier alpha value is -1.96. The lowest BCUT2D eigenvalue weighted by atomic mass is 10.2. The average molecular weight is 496 g/mol. The number of rotatable bonds is 6. The molecule has 5 nitrogen and oxygen atoms in total. The van der Waals surface area contributed by atoms with Crippen LogP contribution in [-0.4, -0.2) is 36.2 Å². The molecule has 1 fully saturated rings. The highest BCUT2D eigenvalue weighted by molar-refractivity contribution is 9.10. The largest absolute Gasteiger partial charge is 0.490 e. The van der Waals surface area contributed by atoms with Crippen LogP contribution in [0.1, 0.15) is 19.4 Å². The van der Waals surface area contributed by atoms with Crippen molar-refractivity contribution in [3.05, 3.63) is 56.4 Å². The molecule has 0 spiro atoms.